The van der Waals surface area contributed by atoms with E-state index in [0.717, 1.165) is 20.8 Å². The zero-order chi connectivity index (χ0) is 11.9. The molecule has 0 radical (unpaired) electrons. The summed E-state index contributed by atoms with van der Waals surface area (Å²) in [5, 5.41) is 1.04. The van der Waals surface area contributed by atoms with Crippen molar-refractivity contribution in [2.24, 2.45) is 5.41 Å². The maximum atomic E-state index is 12.1. The van der Waals surface area contributed by atoms with Crippen molar-refractivity contribution in [3.05, 3.63) is 28.8 Å². The van der Waals surface area contributed by atoms with Crippen LogP contribution >= 0.6 is 11.3 Å². The third-order valence-corrected chi connectivity index (χ3v) is 3.39. The van der Waals surface area contributed by atoms with Gasteiger partial charge in [-0.3, -0.25) is 4.79 Å². The van der Waals surface area contributed by atoms with Crippen LogP contribution in [0, 0.1) is 12.3 Å². The lowest BCUT2D eigenvalue weighted by Gasteiger charge is -2.16. The van der Waals surface area contributed by atoms with Crippen molar-refractivity contribution in [1.29, 1.82) is 0 Å². The second-order valence-corrected chi connectivity index (χ2v) is 6.23. The molecule has 1 aromatic carbocycles. The number of carbonyl (C=O) groups is 1. The van der Waals surface area contributed by atoms with E-state index in [1.165, 1.54) is 0 Å². The van der Waals surface area contributed by atoms with Gasteiger partial charge in [-0.2, -0.15) is 0 Å². The largest absolute Gasteiger partial charge is 0.294 e. The van der Waals surface area contributed by atoms with Gasteiger partial charge in [0.1, 0.15) is 0 Å². The average Bonchev–Trinajstić information content (AvgIpc) is 2.54. The van der Waals surface area contributed by atoms with Gasteiger partial charge < -0.3 is 0 Å². The molecule has 0 unspecified atom stereocenters. The number of benzene rings is 1. The minimum atomic E-state index is -0.335. The van der Waals surface area contributed by atoms with Crippen molar-refractivity contribution in [2.45, 2.75) is 27.7 Å². The maximum Gasteiger partial charge on any atom is 0.168 e. The molecular weight excluding hydrogens is 218 g/mol. The van der Waals surface area contributed by atoms with E-state index >= 15 is 0 Å². The number of aromatic nitrogens is 1. The third kappa shape index (κ3) is 2.00. The van der Waals surface area contributed by atoms with Crippen LogP contribution in [-0.4, -0.2) is 10.8 Å². The summed E-state index contributed by atoms with van der Waals surface area (Å²) in [7, 11) is 0. The van der Waals surface area contributed by atoms with Crippen molar-refractivity contribution in [1.82, 2.24) is 4.98 Å². The van der Waals surface area contributed by atoms with Crippen molar-refractivity contribution in [3.8, 4) is 0 Å². The minimum Gasteiger partial charge on any atom is -0.294 e. The SMILES string of the molecule is Cc1nc2cc(C(=O)C(C)(C)C)ccc2s1. The predicted molar refractivity (Wildman–Crippen MR) is 68.1 cm³/mol. The van der Waals surface area contributed by atoms with E-state index in [0.29, 0.717) is 0 Å². The Morgan fingerprint density at radius 3 is 2.62 bits per heavy atom. The van der Waals surface area contributed by atoms with Crippen LogP contribution in [0.2, 0.25) is 0 Å². The fourth-order valence-corrected chi connectivity index (χ4v) is 2.42. The zero-order valence-electron chi connectivity index (χ0n) is 10.00. The summed E-state index contributed by atoms with van der Waals surface area (Å²) in [6.45, 7) is 7.79. The van der Waals surface area contributed by atoms with Crippen LogP contribution in [0.1, 0.15) is 36.1 Å². The van der Waals surface area contributed by atoms with E-state index in [2.05, 4.69) is 4.98 Å². The Labute approximate surface area is 99.3 Å². The summed E-state index contributed by atoms with van der Waals surface area (Å²) < 4.78 is 1.14. The number of hydrogen-bond acceptors (Lipinski definition) is 3. The number of aryl methyl sites for hydroxylation is 1. The molecule has 0 bridgehead atoms. The lowest BCUT2D eigenvalue weighted by Crippen LogP contribution is -2.19. The number of nitrogens with zero attached hydrogens (tertiary/aromatic N) is 1. The number of hydrogen-bond donors (Lipinski definition) is 0. The highest BCUT2D eigenvalue weighted by atomic mass is 32.1. The normalized spacial score (nSPS) is 12.0. The number of carbonyl (C=O) groups excluding carboxylic acids is 1. The van der Waals surface area contributed by atoms with Gasteiger partial charge in [-0.15, -0.1) is 11.3 Å². The highest BCUT2D eigenvalue weighted by molar-refractivity contribution is 7.18. The smallest absolute Gasteiger partial charge is 0.168 e. The molecule has 0 aliphatic heterocycles. The summed E-state index contributed by atoms with van der Waals surface area (Å²) in [6, 6.07) is 5.78. The third-order valence-electron chi connectivity index (χ3n) is 2.44. The summed E-state index contributed by atoms with van der Waals surface area (Å²) in [5.74, 6) is 0.167. The molecule has 0 saturated heterocycles. The molecule has 0 spiro atoms. The first-order valence-electron chi connectivity index (χ1n) is 5.30. The molecule has 0 saturated carbocycles. The average molecular weight is 233 g/mol. The molecule has 2 nitrogen and oxygen atoms in total. The number of fused-ring (bicyclic) bond motifs is 1. The Balaban J connectivity index is 2.51. The van der Waals surface area contributed by atoms with Gasteiger partial charge in [0.2, 0.25) is 0 Å². The summed E-state index contributed by atoms with van der Waals surface area (Å²) >= 11 is 1.66. The van der Waals surface area contributed by atoms with Gasteiger partial charge in [0.25, 0.3) is 0 Å². The van der Waals surface area contributed by atoms with Crippen molar-refractivity contribution >= 4 is 27.3 Å². The van der Waals surface area contributed by atoms with Crippen LogP contribution in [0.15, 0.2) is 18.2 Å². The molecule has 0 N–H and O–H groups in total. The van der Waals surface area contributed by atoms with Gasteiger partial charge in [-0.25, -0.2) is 4.98 Å². The van der Waals surface area contributed by atoms with Crippen LogP contribution in [-0.2, 0) is 0 Å². The fourth-order valence-electron chi connectivity index (χ4n) is 1.62. The Kier molecular flexibility index (Phi) is 2.58. The van der Waals surface area contributed by atoms with Gasteiger partial charge in [-0.1, -0.05) is 20.8 Å². The Hall–Kier alpha value is -1.22. The Morgan fingerprint density at radius 2 is 2.00 bits per heavy atom. The lowest BCUT2D eigenvalue weighted by atomic mass is 9.86. The highest BCUT2D eigenvalue weighted by Gasteiger charge is 2.23. The fraction of sp³-hybridized carbons (Fsp3) is 0.385. The van der Waals surface area contributed by atoms with Crippen LogP contribution in [0.25, 0.3) is 10.2 Å². The second-order valence-electron chi connectivity index (χ2n) is 4.99. The van der Waals surface area contributed by atoms with E-state index in [-0.39, 0.29) is 11.2 Å². The number of Topliss-reactive ketones (excluding diaryl/α,β-unsaturated/α-hetero) is 1. The molecule has 1 aromatic heterocycles. The molecule has 0 aliphatic carbocycles. The molecule has 0 fully saturated rings. The van der Waals surface area contributed by atoms with Crippen LogP contribution in [0.3, 0.4) is 0 Å². The number of ketones is 1. The molecular formula is C13H15NOS. The van der Waals surface area contributed by atoms with Crippen molar-refractivity contribution in [3.63, 3.8) is 0 Å². The monoisotopic (exact) mass is 233 g/mol. The van der Waals surface area contributed by atoms with Gasteiger partial charge in [0.15, 0.2) is 5.78 Å². The first-order chi connectivity index (χ1) is 7.38. The minimum absolute atomic E-state index is 0.167. The quantitative estimate of drug-likeness (QED) is 0.701. The van der Waals surface area contributed by atoms with E-state index in [4.69, 9.17) is 0 Å². The molecule has 3 heteroatoms. The van der Waals surface area contributed by atoms with E-state index in [1.54, 1.807) is 11.3 Å². The summed E-state index contributed by atoms with van der Waals surface area (Å²) in [4.78, 5) is 16.5. The molecule has 2 rings (SSSR count). The zero-order valence-corrected chi connectivity index (χ0v) is 10.8. The summed E-state index contributed by atoms with van der Waals surface area (Å²) in [5.41, 5.74) is 1.35. The topological polar surface area (TPSA) is 30.0 Å². The van der Waals surface area contributed by atoms with Gasteiger partial charge >= 0.3 is 0 Å². The Bertz CT molecular complexity index is 549. The predicted octanol–water partition coefficient (Wildman–Crippen LogP) is 3.83. The second kappa shape index (κ2) is 3.67. The van der Waals surface area contributed by atoms with Crippen LogP contribution < -0.4 is 0 Å². The molecule has 84 valence electrons. The lowest BCUT2D eigenvalue weighted by molar-refractivity contribution is 0.0858. The molecule has 1 heterocycles. The van der Waals surface area contributed by atoms with Gasteiger partial charge in [0, 0.05) is 11.0 Å². The van der Waals surface area contributed by atoms with E-state index in [9.17, 15) is 4.79 Å². The molecule has 0 aliphatic rings. The van der Waals surface area contributed by atoms with Crippen molar-refractivity contribution in [2.75, 3.05) is 0 Å². The molecule has 0 amide bonds. The van der Waals surface area contributed by atoms with Crippen LogP contribution in [0.5, 0.6) is 0 Å². The highest BCUT2D eigenvalue weighted by Crippen LogP contribution is 2.26. The maximum absolute atomic E-state index is 12.1. The molecule has 16 heavy (non-hydrogen) atoms. The van der Waals surface area contributed by atoms with E-state index < -0.39 is 0 Å². The summed E-state index contributed by atoms with van der Waals surface area (Å²) in [6.07, 6.45) is 0. The van der Waals surface area contributed by atoms with Crippen LogP contribution in [0.4, 0.5) is 0 Å². The van der Waals surface area contributed by atoms with Crippen molar-refractivity contribution < 1.29 is 4.79 Å². The van der Waals surface area contributed by atoms with Gasteiger partial charge in [-0.05, 0) is 25.1 Å². The molecule has 0 atom stereocenters. The number of rotatable bonds is 1. The molecule has 2 aromatic rings. The Morgan fingerprint density at radius 1 is 1.31 bits per heavy atom. The first kappa shape index (κ1) is 11.3. The standard InChI is InChI=1S/C13H15NOS/c1-8-14-10-7-9(5-6-11(10)16-8)12(15)13(2,3)4/h5-7H,1-4H3. The van der Waals surface area contributed by atoms with E-state index in [1.807, 2.05) is 45.9 Å². The van der Waals surface area contributed by atoms with Gasteiger partial charge in [0.05, 0.1) is 15.2 Å². The first-order valence-corrected chi connectivity index (χ1v) is 6.11. The number of thiazole rings is 1.